The number of alkyl halides is 1. The molecule has 0 aromatic carbocycles. The van der Waals surface area contributed by atoms with E-state index in [1.807, 2.05) is 6.07 Å². The second-order valence-electron chi connectivity index (χ2n) is 3.79. The van der Waals surface area contributed by atoms with Crippen molar-refractivity contribution in [3.05, 3.63) is 22.4 Å². The quantitative estimate of drug-likeness (QED) is 0.740. The molecule has 1 unspecified atom stereocenters. The molecule has 1 aromatic rings. The zero-order valence-electron chi connectivity index (χ0n) is 9.95. The second-order valence-corrected chi connectivity index (χ2v) is 5.44. The van der Waals surface area contributed by atoms with Gasteiger partial charge < -0.3 is 10.1 Å². The molecule has 3 nitrogen and oxygen atoms in total. The summed E-state index contributed by atoms with van der Waals surface area (Å²) < 4.78 is 4.88. The number of rotatable bonds is 8. The van der Waals surface area contributed by atoms with Crippen molar-refractivity contribution in [1.82, 2.24) is 5.32 Å². The Balaban J connectivity index is 2.05. The van der Waals surface area contributed by atoms with Crippen LogP contribution < -0.4 is 5.32 Å². The highest BCUT2D eigenvalue weighted by atomic mass is 35.5. The fourth-order valence-corrected chi connectivity index (χ4v) is 2.39. The van der Waals surface area contributed by atoms with Crippen LogP contribution in [0.2, 0.25) is 0 Å². The number of thiophene rings is 1. The van der Waals surface area contributed by atoms with Crippen LogP contribution >= 0.6 is 22.9 Å². The first kappa shape index (κ1) is 14.5. The molecule has 0 aliphatic carbocycles. The van der Waals surface area contributed by atoms with Crippen LogP contribution in [0.25, 0.3) is 0 Å². The maximum absolute atomic E-state index is 11.5. The van der Waals surface area contributed by atoms with Crippen LogP contribution in [0.15, 0.2) is 17.5 Å². The number of nitrogens with one attached hydrogen (secondary N) is 1. The number of hydrogen-bond acceptors (Lipinski definition) is 3. The molecule has 0 aliphatic heterocycles. The zero-order valence-corrected chi connectivity index (χ0v) is 11.5. The number of aryl methyl sites for hydroxylation is 1. The molecular formula is C12H18ClNO2S. The predicted octanol–water partition coefficient (Wildman–Crippen LogP) is 2.44. The average molecular weight is 276 g/mol. The number of methoxy groups -OCH3 is 1. The van der Waals surface area contributed by atoms with E-state index >= 15 is 0 Å². The SMILES string of the molecule is COCC(Cl)CNC(=O)CCCc1cccs1. The van der Waals surface area contributed by atoms with Crippen LogP contribution in [0.5, 0.6) is 0 Å². The lowest BCUT2D eigenvalue weighted by Gasteiger charge is -2.09. The van der Waals surface area contributed by atoms with Crippen LogP contribution in [-0.4, -0.2) is 31.5 Å². The number of halogens is 1. The van der Waals surface area contributed by atoms with Crippen molar-refractivity contribution in [1.29, 1.82) is 0 Å². The minimum atomic E-state index is -0.152. The van der Waals surface area contributed by atoms with Crippen molar-refractivity contribution in [3.63, 3.8) is 0 Å². The maximum atomic E-state index is 11.5. The lowest BCUT2D eigenvalue weighted by atomic mass is 10.2. The summed E-state index contributed by atoms with van der Waals surface area (Å²) in [6, 6.07) is 4.12. The fourth-order valence-electron chi connectivity index (χ4n) is 1.43. The molecule has 0 aliphatic rings. The van der Waals surface area contributed by atoms with Crippen molar-refractivity contribution < 1.29 is 9.53 Å². The van der Waals surface area contributed by atoms with Gasteiger partial charge in [0.1, 0.15) is 0 Å². The van der Waals surface area contributed by atoms with Gasteiger partial charge in [0.2, 0.25) is 5.91 Å². The van der Waals surface area contributed by atoms with Crippen LogP contribution in [0.3, 0.4) is 0 Å². The molecule has 5 heteroatoms. The molecule has 1 heterocycles. The lowest BCUT2D eigenvalue weighted by Crippen LogP contribution is -2.31. The molecule has 96 valence electrons. The van der Waals surface area contributed by atoms with Crippen molar-refractivity contribution in [2.75, 3.05) is 20.3 Å². The summed E-state index contributed by atoms with van der Waals surface area (Å²) in [6.07, 6.45) is 2.39. The average Bonchev–Trinajstić information content (AvgIpc) is 2.80. The first-order chi connectivity index (χ1) is 8.22. The zero-order chi connectivity index (χ0) is 12.5. The van der Waals surface area contributed by atoms with Crippen molar-refractivity contribution in [2.24, 2.45) is 0 Å². The molecule has 0 bridgehead atoms. The fraction of sp³-hybridized carbons (Fsp3) is 0.583. The summed E-state index contributed by atoms with van der Waals surface area (Å²) >= 11 is 7.63. The standard InChI is InChI=1S/C12H18ClNO2S/c1-16-9-10(13)8-14-12(15)6-2-4-11-5-3-7-17-11/h3,5,7,10H,2,4,6,8-9H2,1H3,(H,14,15). The van der Waals surface area contributed by atoms with Crippen LogP contribution in [-0.2, 0) is 16.0 Å². The summed E-state index contributed by atoms with van der Waals surface area (Å²) in [4.78, 5) is 12.8. The van der Waals surface area contributed by atoms with E-state index in [2.05, 4.69) is 16.8 Å². The number of carbonyl (C=O) groups is 1. The molecule has 1 rings (SSSR count). The normalized spacial score (nSPS) is 12.4. The Morgan fingerprint density at radius 3 is 3.12 bits per heavy atom. The van der Waals surface area contributed by atoms with Gasteiger partial charge in [0.15, 0.2) is 0 Å². The highest BCUT2D eigenvalue weighted by molar-refractivity contribution is 7.09. The van der Waals surface area contributed by atoms with Crippen LogP contribution in [0, 0.1) is 0 Å². The third kappa shape index (κ3) is 6.66. The Morgan fingerprint density at radius 2 is 2.47 bits per heavy atom. The van der Waals surface area contributed by atoms with E-state index in [0.29, 0.717) is 19.6 Å². The molecule has 0 radical (unpaired) electrons. The molecule has 17 heavy (non-hydrogen) atoms. The molecular weight excluding hydrogens is 258 g/mol. The van der Waals surface area contributed by atoms with Gasteiger partial charge >= 0.3 is 0 Å². The van der Waals surface area contributed by atoms with Crippen LogP contribution in [0.4, 0.5) is 0 Å². The van der Waals surface area contributed by atoms with E-state index in [4.69, 9.17) is 16.3 Å². The second kappa shape index (κ2) is 8.50. The number of amides is 1. The predicted molar refractivity (Wildman–Crippen MR) is 71.8 cm³/mol. The van der Waals surface area contributed by atoms with Gasteiger partial charge in [0.05, 0.1) is 12.0 Å². The molecule has 1 N–H and O–H groups in total. The third-order valence-electron chi connectivity index (χ3n) is 2.28. The first-order valence-electron chi connectivity index (χ1n) is 5.64. The molecule has 0 spiro atoms. The molecule has 0 fully saturated rings. The highest BCUT2D eigenvalue weighted by Crippen LogP contribution is 2.11. The van der Waals surface area contributed by atoms with Gasteiger partial charge in [-0.1, -0.05) is 6.07 Å². The van der Waals surface area contributed by atoms with E-state index in [-0.39, 0.29) is 11.3 Å². The molecule has 1 amide bonds. The van der Waals surface area contributed by atoms with Gasteiger partial charge in [0, 0.05) is 25.0 Å². The Hall–Kier alpha value is -0.580. The first-order valence-corrected chi connectivity index (χ1v) is 6.96. The summed E-state index contributed by atoms with van der Waals surface area (Å²) in [5.74, 6) is 0.0586. The van der Waals surface area contributed by atoms with Gasteiger partial charge in [0.25, 0.3) is 0 Å². The number of hydrogen-bond donors (Lipinski definition) is 1. The minimum Gasteiger partial charge on any atom is -0.383 e. The molecule has 1 aromatic heterocycles. The number of carbonyl (C=O) groups excluding carboxylic acids is 1. The largest absolute Gasteiger partial charge is 0.383 e. The van der Waals surface area contributed by atoms with Crippen molar-refractivity contribution >= 4 is 28.8 Å². The highest BCUT2D eigenvalue weighted by Gasteiger charge is 2.06. The Morgan fingerprint density at radius 1 is 1.65 bits per heavy atom. The van der Waals surface area contributed by atoms with Gasteiger partial charge in [-0.3, -0.25) is 4.79 Å². The summed E-state index contributed by atoms with van der Waals surface area (Å²) in [5, 5.41) is 4.70. The van der Waals surface area contributed by atoms with Gasteiger partial charge in [-0.05, 0) is 24.3 Å². The lowest BCUT2D eigenvalue weighted by molar-refractivity contribution is -0.121. The van der Waals surface area contributed by atoms with Gasteiger partial charge in [-0.25, -0.2) is 0 Å². The smallest absolute Gasteiger partial charge is 0.220 e. The molecule has 1 atom stereocenters. The third-order valence-corrected chi connectivity index (χ3v) is 3.49. The summed E-state index contributed by atoms with van der Waals surface area (Å²) in [7, 11) is 1.60. The van der Waals surface area contributed by atoms with Crippen LogP contribution in [0.1, 0.15) is 17.7 Å². The van der Waals surface area contributed by atoms with Gasteiger partial charge in [-0.15, -0.1) is 22.9 Å². The Bertz CT molecular complexity index is 316. The van der Waals surface area contributed by atoms with E-state index in [0.717, 1.165) is 12.8 Å². The topological polar surface area (TPSA) is 38.3 Å². The Kier molecular flexibility index (Phi) is 7.24. The van der Waals surface area contributed by atoms with Crippen molar-refractivity contribution in [3.8, 4) is 0 Å². The summed E-state index contributed by atoms with van der Waals surface area (Å²) in [5.41, 5.74) is 0. The van der Waals surface area contributed by atoms with Gasteiger partial charge in [-0.2, -0.15) is 0 Å². The maximum Gasteiger partial charge on any atom is 0.220 e. The number of ether oxygens (including phenoxy) is 1. The van der Waals surface area contributed by atoms with Crippen molar-refractivity contribution in [2.45, 2.75) is 24.6 Å². The van der Waals surface area contributed by atoms with E-state index in [9.17, 15) is 4.79 Å². The van der Waals surface area contributed by atoms with E-state index < -0.39 is 0 Å². The van der Waals surface area contributed by atoms with E-state index in [1.54, 1.807) is 18.4 Å². The monoisotopic (exact) mass is 275 g/mol. The Labute approximate surface area is 111 Å². The summed E-state index contributed by atoms with van der Waals surface area (Å²) in [6.45, 7) is 0.921. The van der Waals surface area contributed by atoms with E-state index in [1.165, 1.54) is 4.88 Å². The molecule has 0 saturated heterocycles. The molecule has 0 saturated carbocycles. The minimum absolute atomic E-state index is 0.0586.